The average molecular weight is 382 g/mol. The first-order valence-electron chi connectivity index (χ1n) is 10.5. The fraction of sp³-hybridized carbons (Fsp3) is 0.565. The zero-order valence-corrected chi connectivity index (χ0v) is 17.2. The fourth-order valence-corrected chi connectivity index (χ4v) is 4.65. The van der Waals surface area contributed by atoms with Crippen LogP contribution in [0.1, 0.15) is 60.7 Å². The van der Waals surface area contributed by atoms with E-state index in [-0.39, 0.29) is 17.9 Å². The lowest BCUT2D eigenvalue weighted by Gasteiger charge is -2.32. The number of benzene rings is 1. The highest BCUT2D eigenvalue weighted by Gasteiger charge is 2.37. The minimum Gasteiger partial charge on any atom is -0.272 e. The van der Waals surface area contributed by atoms with Crippen molar-refractivity contribution in [2.45, 2.75) is 65.5 Å². The zero-order chi connectivity index (χ0) is 19.7. The molecule has 0 N–H and O–H groups in total. The largest absolute Gasteiger partial charge is 0.272 e. The summed E-state index contributed by atoms with van der Waals surface area (Å²) in [5, 5.41) is 6.27. The van der Waals surface area contributed by atoms with Crippen LogP contribution in [0.15, 0.2) is 30.3 Å². The van der Waals surface area contributed by atoms with Gasteiger partial charge in [-0.3, -0.25) is 14.3 Å². The molecule has 1 saturated heterocycles. The van der Waals surface area contributed by atoms with Crippen molar-refractivity contribution in [1.82, 2.24) is 14.8 Å². The maximum Gasteiger partial charge on any atom is 0.249 e. The summed E-state index contributed by atoms with van der Waals surface area (Å²) in [5.74, 6) is 0.866. The molecule has 1 aromatic carbocycles. The van der Waals surface area contributed by atoms with Crippen LogP contribution in [0.2, 0.25) is 0 Å². The third-order valence-corrected chi connectivity index (χ3v) is 6.31. The van der Waals surface area contributed by atoms with E-state index in [9.17, 15) is 4.79 Å². The molecule has 5 heteroatoms. The summed E-state index contributed by atoms with van der Waals surface area (Å²) in [5.41, 5.74) is 4.72. The van der Waals surface area contributed by atoms with Gasteiger partial charge < -0.3 is 0 Å². The van der Waals surface area contributed by atoms with Crippen molar-refractivity contribution in [3.8, 4) is 0 Å². The first kappa shape index (κ1) is 19.2. The van der Waals surface area contributed by atoms with E-state index in [1.165, 1.54) is 16.8 Å². The Hall–Kier alpha value is -2.14. The fourth-order valence-electron chi connectivity index (χ4n) is 4.65. The Balaban J connectivity index is 1.35. The van der Waals surface area contributed by atoms with E-state index in [2.05, 4.69) is 54.0 Å². The van der Waals surface area contributed by atoms with Gasteiger partial charge in [0.1, 0.15) is 0 Å². The number of aryl methyl sites for hydroxylation is 3. The predicted octanol–water partition coefficient (Wildman–Crippen LogP) is 4.52. The molecule has 5 nitrogen and oxygen atoms in total. The summed E-state index contributed by atoms with van der Waals surface area (Å²) in [6.07, 6.45) is 4.93. The molecule has 0 unspecified atom stereocenters. The Bertz CT molecular complexity index is 819. The van der Waals surface area contributed by atoms with Gasteiger partial charge in [0.25, 0.3) is 0 Å². The Morgan fingerprint density at radius 1 is 1.07 bits per heavy atom. The number of hydroxylamine groups is 2. The standard InChI is InChI=1S/C23H31N3O2/c1-16-4-8-20(9-5-16)22-12-13-28-26(22)23(27)21-10-6-19(7-11-21)15-25-18(3)14-17(2)24-25/h4-5,8-9,14,19,21-22H,6-7,10-13,15H2,1-3H3/t19?,21?,22-/m0/s1. The summed E-state index contributed by atoms with van der Waals surface area (Å²) in [6.45, 7) is 7.83. The molecular formula is C23H31N3O2. The average Bonchev–Trinajstić information content (AvgIpc) is 3.29. The highest BCUT2D eigenvalue weighted by Crippen LogP contribution is 2.36. The summed E-state index contributed by atoms with van der Waals surface area (Å²) in [6, 6.07) is 10.7. The van der Waals surface area contributed by atoms with Crippen LogP contribution in [0.5, 0.6) is 0 Å². The van der Waals surface area contributed by atoms with E-state index >= 15 is 0 Å². The number of aromatic nitrogens is 2. The Morgan fingerprint density at radius 3 is 2.43 bits per heavy atom. The molecular weight excluding hydrogens is 350 g/mol. The Labute approximate surface area is 167 Å². The summed E-state index contributed by atoms with van der Waals surface area (Å²) < 4.78 is 2.12. The van der Waals surface area contributed by atoms with Gasteiger partial charge in [-0.25, -0.2) is 5.06 Å². The van der Waals surface area contributed by atoms with Crippen LogP contribution in [0.25, 0.3) is 0 Å². The smallest absolute Gasteiger partial charge is 0.249 e. The summed E-state index contributed by atoms with van der Waals surface area (Å²) >= 11 is 0. The molecule has 0 spiro atoms. The molecule has 1 amide bonds. The maximum atomic E-state index is 13.2. The molecule has 1 aliphatic heterocycles. The molecule has 2 heterocycles. The Morgan fingerprint density at radius 2 is 1.79 bits per heavy atom. The van der Waals surface area contributed by atoms with Crippen molar-refractivity contribution >= 4 is 5.91 Å². The molecule has 1 saturated carbocycles. The zero-order valence-electron chi connectivity index (χ0n) is 17.2. The minimum absolute atomic E-state index is 0.0560. The van der Waals surface area contributed by atoms with E-state index in [1.54, 1.807) is 5.06 Å². The molecule has 4 rings (SSSR count). The monoisotopic (exact) mass is 381 g/mol. The van der Waals surface area contributed by atoms with E-state index in [0.29, 0.717) is 12.5 Å². The van der Waals surface area contributed by atoms with Crippen LogP contribution < -0.4 is 0 Å². The summed E-state index contributed by atoms with van der Waals surface area (Å²) in [7, 11) is 0. The van der Waals surface area contributed by atoms with E-state index < -0.39 is 0 Å². The van der Waals surface area contributed by atoms with Crippen LogP contribution in [-0.4, -0.2) is 27.4 Å². The number of hydrogen-bond donors (Lipinski definition) is 0. The molecule has 150 valence electrons. The highest BCUT2D eigenvalue weighted by molar-refractivity contribution is 5.78. The van der Waals surface area contributed by atoms with Crippen molar-refractivity contribution in [2.24, 2.45) is 11.8 Å². The van der Waals surface area contributed by atoms with Gasteiger partial charge >= 0.3 is 0 Å². The SMILES string of the molecule is Cc1ccc([C@@H]2CCON2C(=O)C2CCC(Cn3nc(C)cc3C)CC2)cc1. The number of carbonyl (C=O) groups is 1. The van der Waals surface area contributed by atoms with Crippen LogP contribution in [0.4, 0.5) is 0 Å². The van der Waals surface area contributed by atoms with Crippen molar-refractivity contribution < 1.29 is 9.63 Å². The molecule has 1 aromatic heterocycles. The van der Waals surface area contributed by atoms with Crippen molar-refractivity contribution in [3.63, 3.8) is 0 Å². The van der Waals surface area contributed by atoms with E-state index in [4.69, 9.17) is 4.84 Å². The van der Waals surface area contributed by atoms with Gasteiger partial charge in [0.05, 0.1) is 18.3 Å². The lowest BCUT2D eigenvalue weighted by atomic mass is 9.81. The minimum atomic E-state index is 0.0560. The second-order valence-electron chi connectivity index (χ2n) is 8.54. The third kappa shape index (κ3) is 4.00. The highest BCUT2D eigenvalue weighted by atomic mass is 16.7. The van der Waals surface area contributed by atoms with Gasteiger partial charge in [0.15, 0.2) is 0 Å². The van der Waals surface area contributed by atoms with Crippen molar-refractivity contribution in [2.75, 3.05) is 6.61 Å². The van der Waals surface area contributed by atoms with Gasteiger partial charge in [-0.2, -0.15) is 5.10 Å². The van der Waals surface area contributed by atoms with Crippen LogP contribution in [-0.2, 0) is 16.2 Å². The third-order valence-electron chi connectivity index (χ3n) is 6.31. The first-order valence-corrected chi connectivity index (χ1v) is 10.5. The second kappa shape index (κ2) is 8.08. The van der Waals surface area contributed by atoms with Crippen molar-refractivity contribution in [3.05, 3.63) is 52.8 Å². The molecule has 1 atom stereocenters. The van der Waals surface area contributed by atoms with Crippen LogP contribution in [0.3, 0.4) is 0 Å². The lowest BCUT2D eigenvalue weighted by Crippen LogP contribution is -2.37. The van der Waals surface area contributed by atoms with Gasteiger partial charge in [0, 0.05) is 24.6 Å². The van der Waals surface area contributed by atoms with E-state index in [1.807, 2.05) is 6.92 Å². The predicted molar refractivity (Wildman–Crippen MR) is 108 cm³/mol. The molecule has 2 aromatic rings. The number of nitrogens with zero attached hydrogens (tertiary/aromatic N) is 3. The molecule has 0 radical (unpaired) electrons. The number of amides is 1. The van der Waals surface area contributed by atoms with Crippen LogP contribution in [0, 0.1) is 32.6 Å². The van der Waals surface area contributed by atoms with Crippen molar-refractivity contribution in [1.29, 1.82) is 0 Å². The molecule has 0 bridgehead atoms. The Kier molecular flexibility index (Phi) is 5.54. The van der Waals surface area contributed by atoms with Gasteiger partial charge in [0.2, 0.25) is 5.91 Å². The second-order valence-corrected chi connectivity index (χ2v) is 8.54. The lowest BCUT2D eigenvalue weighted by molar-refractivity contribution is -0.183. The number of carbonyl (C=O) groups excluding carboxylic acids is 1. The normalized spacial score (nSPS) is 25.2. The van der Waals surface area contributed by atoms with Crippen LogP contribution >= 0.6 is 0 Å². The first-order chi connectivity index (χ1) is 13.5. The van der Waals surface area contributed by atoms with Gasteiger partial charge in [-0.15, -0.1) is 0 Å². The number of rotatable bonds is 4. The maximum absolute atomic E-state index is 13.2. The number of hydrogen-bond acceptors (Lipinski definition) is 3. The molecule has 28 heavy (non-hydrogen) atoms. The quantitative estimate of drug-likeness (QED) is 0.782. The molecule has 1 aliphatic carbocycles. The molecule has 2 aliphatic rings. The van der Waals surface area contributed by atoms with Gasteiger partial charge in [-0.05, 0) is 64.0 Å². The topological polar surface area (TPSA) is 47.4 Å². The summed E-state index contributed by atoms with van der Waals surface area (Å²) in [4.78, 5) is 18.9. The molecule has 2 fully saturated rings. The van der Waals surface area contributed by atoms with E-state index in [0.717, 1.165) is 44.3 Å². The van der Waals surface area contributed by atoms with Gasteiger partial charge in [-0.1, -0.05) is 29.8 Å².